The SMILES string of the molecule is CC(=O)OCC1O[C@H](Sc2ccccc2)C2OC(C)(C)OC2[C@H]1OC(C)=O. The second kappa shape index (κ2) is 8.18. The van der Waals surface area contributed by atoms with Crippen LogP contribution in [0.15, 0.2) is 35.2 Å². The van der Waals surface area contributed by atoms with Crippen LogP contribution >= 0.6 is 11.8 Å². The van der Waals surface area contributed by atoms with Crippen LogP contribution in [0.2, 0.25) is 0 Å². The Hall–Kier alpha value is -1.61. The molecule has 0 aliphatic carbocycles. The molecular weight excluding hydrogens is 372 g/mol. The van der Waals surface area contributed by atoms with Gasteiger partial charge in [0.1, 0.15) is 30.4 Å². The topological polar surface area (TPSA) is 80.3 Å². The summed E-state index contributed by atoms with van der Waals surface area (Å²) in [5, 5.41) is 0. The van der Waals surface area contributed by atoms with Gasteiger partial charge in [0, 0.05) is 18.7 Å². The Balaban J connectivity index is 1.86. The van der Waals surface area contributed by atoms with Gasteiger partial charge in [-0.05, 0) is 26.0 Å². The monoisotopic (exact) mass is 396 g/mol. The van der Waals surface area contributed by atoms with Gasteiger partial charge >= 0.3 is 11.9 Å². The molecule has 7 nitrogen and oxygen atoms in total. The molecule has 148 valence electrons. The molecule has 1 aromatic rings. The van der Waals surface area contributed by atoms with Crippen molar-refractivity contribution in [1.82, 2.24) is 0 Å². The summed E-state index contributed by atoms with van der Waals surface area (Å²) in [5.41, 5.74) is -0.411. The van der Waals surface area contributed by atoms with E-state index in [2.05, 4.69) is 0 Å². The minimum absolute atomic E-state index is 0.0356. The van der Waals surface area contributed by atoms with Gasteiger partial charge in [-0.3, -0.25) is 9.59 Å². The Bertz CT molecular complexity index is 678. The molecule has 8 heteroatoms. The van der Waals surface area contributed by atoms with E-state index in [0.717, 1.165) is 4.90 Å². The van der Waals surface area contributed by atoms with Gasteiger partial charge in [0.05, 0.1) is 0 Å². The number of esters is 2. The molecule has 0 saturated carbocycles. The summed E-state index contributed by atoms with van der Waals surface area (Å²) in [6.07, 6.45) is -2.36. The number of carbonyl (C=O) groups is 2. The number of hydrogen-bond acceptors (Lipinski definition) is 8. The summed E-state index contributed by atoms with van der Waals surface area (Å²) in [4.78, 5) is 23.9. The third kappa shape index (κ3) is 5.01. The Labute approximate surface area is 162 Å². The van der Waals surface area contributed by atoms with Gasteiger partial charge in [-0.25, -0.2) is 0 Å². The van der Waals surface area contributed by atoms with E-state index in [1.165, 1.54) is 25.6 Å². The largest absolute Gasteiger partial charge is 0.463 e. The number of thioether (sulfide) groups is 1. The maximum Gasteiger partial charge on any atom is 0.303 e. The molecule has 3 rings (SSSR count). The highest BCUT2D eigenvalue weighted by atomic mass is 32.2. The first-order chi connectivity index (χ1) is 12.7. The van der Waals surface area contributed by atoms with Gasteiger partial charge in [0.25, 0.3) is 0 Å². The highest BCUT2D eigenvalue weighted by molar-refractivity contribution is 7.99. The highest BCUT2D eigenvalue weighted by Gasteiger charge is 2.57. The van der Waals surface area contributed by atoms with Crippen LogP contribution in [0.25, 0.3) is 0 Å². The van der Waals surface area contributed by atoms with Crippen molar-refractivity contribution < 1.29 is 33.3 Å². The van der Waals surface area contributed by atoms with Crippen LogP contribution in [0.4, 0.5) is 0 Å². The van der Waals surface area contributed by atoms with Crippen molar-refractivity contribution in [3.63, 3.8) is 0 Å². The van der Waals surface area contributed by atoms with Gasteiger partial charge in [0.2, 0.25) is 0 Å². The van der Waals surface area contributed by atoms with Crippen molar-refractivity contribution in [3.05, 3.63) is 30.3 Å². The molecule has 0 radical (unpaired) electrons. The quantitative estimate of drug-likeness (QED) is 0.703. The van der Waals surface area contributed by atoms with E-state index in [9.17, 15) is 9.59 Å². The number of carbonyl (C=O) groups excluding carboxylic acids is 2. The first-order valence-electron chi connectivity index (χ1n) is 8.78. The standard InChI is InChI=1S/C19H24O7S/c1-11(20)22-10-14-15(23-12(2)21)16-17(26-19(3,4)25-16)18(24-14)27-13-8-6-5-7-9-13/h5-9,14-18H,10H2,1-4H3/t14?,15-,16?,17?,18+/m0/s1. The van der Waals surface area contributed by atoms with Crippen molar-refractivity contribution in [3.8, 4) is 0 Å². The maximum absolute atomic E-state index is 11.6. The third-order valence-corrected chi connectivity index (χ3v) is 5.34. The molecule has 0 spiro atoms. The molecule has 0 bridgehead atoms. The predicted molar refractivity (Wildman–Crippen MR) is 97.0 cm³/mol. The highest BCUT2D eigenvalue weighted by Crippen LogP contribution is 2.43. The van der Waals surface area contributed by atoms with Gasteiger partial charge in [-0.1, -0.05) is 30.0 Å². The minimum Gasteiger partial charge on any atom is -0.463 e. The van der Waals surface area contributed by atoms with Crippen LogP contribution in [0, 0.1) is 0 Å². The smallest absolute Gasteiger partial charge is 0.303 e. The van der Waals surface area contributed by atoms with Gasteiger partial charge in [0.15, 0.2) is 11.9 Å². The molecular formula is C19H24O7S. The minimum atomic E-state index is -0.844. The first-order valence-corrected chi connectivity index (χ1v) is 9.66. The zero-order valence-electron chi connectivity index (χ0n) is 15.7. The van der Waals surface area contributed by atoms with Crippen LogP contribution in [-0.2, 0) is 33.3 Å². The maximum atomic E-state index is 11.6. The van der Waals surface area contributed by atoms with E-state index in [1.54, 1.807) is 0 Å². The van der Waals surface area contributed by atoms with Crippen molar-refractivity contribution >= 4 is 23.7 Å². The molecule has 3 unspecified atom stereocenters. The Morgan fingerprint density at radius 3 is 2.37 bits per heavy atom. The van der Waals surface area contributed by atoms with E-state index in [4.69, 9.17) is 23.7 Å². The van der Waals surface area contributed by atoms with E-state index < -0.39 is 47.6 Å². The molecule has 2 aliphatic heterocycles. The summed E-state index contributed by atoms with van der Waals surface area (Å²) in [6, 6.07) is 9.77. The fraction of sp³-hybridized carbons (Fsp3) is 0.579. The van der Waals surface area contributed by atoms with Crippen molar-refractivity contribution in [2.24, 2.45) is 0 Å². The zero-order valence-corrected chi connectivity index (χ0v) is 16.6. The van der Waals surface area contributed by atoms with Crippen molar-refractivity contribution in [1.29, 1.82) is 0 Å². The van der Waals surface area contributed by atoms with Gasteiger partial charge in [-0.15, -0.1) is 0 Å². The van der Waals surface area contributed by atoms with Gasteiger partial charge in [-0.2, -0.15) is 0 Å². The molecule has 0 N–H and O–H groups in total. The number of hydrogen-bond donors (Lipinski definition) is 0. The lowest BCUT2D eigenvalue weighted by Gasteiger charge is -2.41. The molecule has 0 amide bonds. The van der Waals surface area contributed by atoms with Crippen LogP contribution < -0.4 is 0 Å². The molecule has 2 fully saturated rings. The molecule has 2 saturated heterocycles. The van der Waals surface area contributed by atoms with Crippen molar-refractivity contribution in [2.75, 3.05) is 6.61 Å². The predicted octanol–water partition coefficient (Wildman–Crippen LogP) is 2.52. The number of rotatable bonds is 5. The van der Waals surface area contributed by atoms with E-state index in [-0.39, 0.29) is 6.61 Å². The van der Waals surface area contributed by atoms with Crippen molar-refractivity contribution in [2.45, 2.75) is 68.2 Å². The summed E-state index contributed by atoms with van der Waals surface area (Å²) in [7, 11) is 0. The first kappa shape index (κ1) is 20.1. The third-order valence-electron chi connectivity index (χ3n) is 4.18. The Morgan fingerprint density at radius 1 is 1.07 bits per heavy atom. The fourth-order valence-electron chi connectivity index (χ4n) is 3.22. The van der Waals surface area contributed by atoms with Gasteiger partial charge < -0.3 is 23.7 Å². The molecule has 2 aliphatic rings. The van der Waals surface area contributed by atoms with Crippen LogP contribution in [0.1, 0.15) is 27.7 Å². The summed E-state index contributed by atoms with van der Waals surface area (Å²) < 4.78 is 28.9. The second-order valence-electron chi connectivity index (χ2n) is 6.92. The number of fused-ring (bicyclic) bond motifs is 1. The zero-order chi connectivity index (χ0) is 19.6. The average Bonchev–Trinajstić information content (AvgIpc) is 2.92. The summed E-state index contributed by atoms with van der Waals surface area (Å²) in [6.45, 7) is 6.22. The molecule has 2 heterocycles. The molecule has 27 heavy (non-hydrogen) atoms. The number of benzene rings is 1. The Kier molecular flexibility index (Phi) is 6.10. The Morgan fingerprint density at radius 2 is 1.74 bits per heavy atom. The molecule has 5 atom stereocenters. The van der Waals surface area contributed by atoms with E-state index in [0.29, 0.717) is 0 Å². The number of ether oxygens (including phenoxy) is 5. The lowest BCUT2D eigenvalue weighted by molar-refractivity contribution is -0.202. The summed E-state index contributed by atoms with van der Waals surface area (Å²) >= 11 is 1.49. The second-order valence-corrected chi connectivity index (χ2v) is 8.09. The lowest BCUT2D eigenvalue weighted by atomic mass is 10.00. The van der Waals surface area contributed by atoms with Crippen LogP contribution in [-0.4, -0.2) is 54.2 Å². The molecule has 0 aromatic heterocycles. The molecule has 1 aromatic carbocycles. The van der Waals surface area contributed by atoms with E-state index >= 15 is 0 Å². The van der Waals surface area contributed by atoms with Crippen LogP contribution in [0.3, 0.4) is 0 Å². The van der Waals surface area contributed by atoms with E-state index in [1.807, 2.05) is 44.2 Å². The summed E-state index contributed by atoms with van der Waals surface area (Å²) in [5.74, 6) is -1.74. The van der Waals surface area contributed by atoms with Crippen LogP contribution in [0.5, 0.6) is 0 Å². The lowest BCUT2D eigenvalue weighted by Crippen LogP contribution is -2.58. The fourth-order valence-corrected chi connectivity index (χ4v) is 4.34. The average molecular weight is 396 g/mol. The normalized spacial score (nSPS) is 31.8.